The van der Waals surface area contributed by atoms with Gasteiger partial charge in [0, 0.05) is 10.6 Å². The van der Waals surface area contributed by atoms with E-state index >= 15 is 0 Å². The van der Waals surface area contributed by atoms with E-state index in [4.69, 9.17) is 5.11 Å². The molecule has 4 nitrogen and oxygen atoms in total. The fourth-order valence-electron chi connectivity index (χ4n) is 3.93. The molecule has 0 aromatic heterocycles. The Morgan fingerprint density at radius 2 is 1.66 bits per heavy atom. The van der Waals surface area contributed by atoms with E-state index in [0.29, 0.717) is 5.69 Å². The topological polar surface area (TPSA) is 66.4 Å². The van der Waals surface area contributed by atoms with Gasteiger partial charge in [0.2, 0.25) is 0 Å². The number of fused-ring (bicyclic) bond motifs is 1. The lowest BCUT2D eigenvalue weighted by Crippen LogP contribution is -2.22. The summed E-state index contributed by atoms with van der Waals surface area (Å²) >= 11 is 1.13. The molecule has 162 valence electrons. The summed E-state index contributed by atoms with van der Waals surface area (Å²) in [6.07, 6.45) is 3.26. The van der Waals surface area contributed by atoms with Gasteiger partial charge in [-0.2, -0.15) is 0 Å². The summed E-state index contributed by atoms with van der Waals surface area (Å²) in [6, 6.07) is 20.9. The summed E-state index contributed by atoms with van der Waals surface area (Å²) < 4.78 is 0. The summed E-state index contributed by atoms with van der Waals surface area (Å²) in [4.78, 5) is 24.5. The molecule has 0 fully saturated rings. The number of amides is 1. The summed E-state index contributed by atoms with van der Waals surface area (Å²) in [7, 11) is 0. The molecular formula is C27H25NO3S. The smallest absolute Gasteiger partial charge is 0.335 e. The predicted octanol–water partition coefficient (Wildman–Crippen LogP) is 7.13. The van der Waals surface area contributed by atoms with Gasteiger partial charge in [-0.25, -0.2) is 4.79 Å². The standard InChI is InChI=1S/C27H25NO3S/c1-17-4-6-18(7-5-17)22-14-15-27(2,3)24-13-12-21(16-23(22)24)32-26(31)28-20-10-8-19(9-11-20)25(29)30/h4-14,16H,15H2,1-3H3,(H,28,31)(H,29,30). The molecule has 0 aliphatic heterocycles. The van der Waals surface area contributed by atoms with Crippen molar-refractivity contribution < 1.29 is 14.7 Å². The third-order valence-electron chi connectivity index (χ3n) is 5.78. The van der Waals surface area contributed by atoms with Gasteiger partial charge in [0.1, 0.15) is 0 Å². The second-order valence-electron chi connectivity index (χ2n) is 8.68. The van der Waals surface area contributed by atoms with Gasteiger partial charge < -0.3 is 10.4 Å². The maximum Gasteiger partial charge on any atom is 0.335 e. The highest BCUT2D eigenvalue weighted by atomic mass is 32.2. The van der Waals surface area contributed by atoms with Crippen LogP contribution in [0.4, 0.5) is 10.5 Å². The number of allylic oxidation sites excluding steroid dienone is 1. The monoisotopic (exact) mass is 443 g/mol. The van der Waals surface area contributed by atoms with Crippen LogP contribution in [-0.2, 0) is 5.41 Å². The number of rotatable bonds is 4. The van der Waals surface area contributed by atoms with Gasteiger partial charge in [-0.15, -0.1) is 0 Å². The van der Waals surface area contributed by atoms with E-state index in [9.17, 15) is 9.59 Å². The van der Waals surface area contributed by atoms with E-state index < -0.39 is 5.97 Å². The number of nitrogens with one attached hydrogen (secondary N) is 1. The molecular weight excluding hydrogens is 418 g/mol. The lowest BCUT2D eigenvalue weighted by Gasteiger charge is -2.32. The van der Waals surface area contributed by atoms with E-state index in [2.05, 4.69) is 68.6 Å². The maximum absolute atomic E-state index is 12.6. The molecule has 3 aromatic carbocycles. The predicted molar refractivity (Wildman–Crippen MR) is 131 cm³/mol. The van der Waals surface area contributed by atoms with Crippen LogP contribution < -0.4 is 5.32 Å². The van der Waals surface area contributed by atoms with Crippen LogP contribution in [0.3, 0.4) is 0 Å². The van der Waals surface area contributed by atoms with Crippen molar-refractivity contribution in [1.29, 1.82) is 0 Å². The first-order valence-electron chi connectivity index (χ1n) is 10.5. The van der Waals surface area contributed by atoms with Crippen LogP contribution in [0, 0.1) is 6.92 Å². The lowest BCUT2D eigenvalue weighted by molar-refractivity contribution is 0.0697. The van der Waals surface area contributed by atoms with Crippen LogP contribution in [0.2, 0.25) is 0 Å². The zero-order valence-electron chi connectivity index (χ0n) is 18.3. The first kappa shape index (κ1) is 21.9. The minimum atomic E-state index is -0.994. The number of anilines is 1. The van der Waals surface area contributed by atoms with E-state index in [0.717, 1.165) is 28.6 Å². The van der Waals surface area contributed by atoms with E-state index in [-0.39, 0.29) is 16.2 Å². The third-order valence-corrected chi connectivity index (χ3v) is 6.56. The Morgan fingerprint density at radius 1 is 0.969 bits per heavy atom. The molecule has 1 amide bonds. The van der Waals surface area contributed by atoms with Gasteiger partial charge in [0.05, 0.1) is 5.56 Å². The number of carbonyl (C=O) groups excluding carboxylic acids is 1. The van der Waals surface area contributed by atoms with Gasteiger partial charge in [0.15, 0.2) is 0 Å². The van der Waals surface area contributed by atoms with Crippen molar-refractivity contribution >= 4 is 34.2 Å². The zero-order chi connectivity index (χ0) is 22.9. The van der Waals surface area contributed by atoms with E-state index in [1.807, 2.05) is 6.07 Å². The van der Waals surface area contributed by atoms with Crippen LogP contribution >= 0.6 is 11.8 Å². The minimum absolute atomic E-state index is 0.0286. The Kier molecular flexibility index (Phi) is 5.94. The minimum Gasteiger partial charge on any atom is -0.478 e. The number of aromatic carboxylic acids is 1. The van der Waals surface area contributed by atoms with Gasteiger partial charge in [-0.3, -0.25) is 4.79 Å². The maximum atomic E-state index is 12.6. The lowest BCUT2D eigenvalue weighted by atomic mass is 9.72. The molecule has 0 atom stereocenters. The second kappa shape index (κ2) is 8.67. The van der Waals surface area contributed by atoms with Crippen molar-refractivity contribution in [3.63, 3.8) is 0 Å². The summed E-state index contributed by atoms with van der Waals surface area (Å²) in [5.74, 6) is -0.994. The average Bonchev–Trinajstić information content (AvgIpc) is 2.75. The van der Waals surface area contributed by atoms with Crippen molar-refractivity contribution in [1.82, 2.24) is 0 Å². The number of aryl methyl sites for hydroxylation is 1. The molecule has 1 aliphatic rings. The zero-order valence-corrected chi connectivity index (χ0v) is 19.1. The quantitative estimate of drug-likeness (QED) is 0.421. The Balaban J connectivity index is 1.58. The molecule has 3 aromatic rings. The number of hydrogen-bond acceptors (Lipinski definition) is 3. The van der Waals surface area contributed by atoms with Crippen LogP contribution in [0.25, 0.3) is 5.57 Å². The SMILES string of the molecule is Cc1ccc(C2=CCC(C)(C)c3ccc(SC(=O)Nc4ccc(C(=O)O)cc4)cc32)cc1. The summed E-state index contributed by atoms with van der Waals surface area (Å²) in [5.41, 5.74) is 6.82. The highest BCUT2D eigenvalue weighted by molar-refractivity contribution is 8.13. The van der Waals surface area contributed by atoms with Crippen molar-refractivity contribution in [2.75, 3.05) is 5.32 Å². The molecule has 0 spiro atoms. The van der Waals surface area contributed by atoms with Crippen molar-refractivity contribution in [3.8, 4) is 0 Å². The van der Waals surface area contributed by atoms with Crippen LogP contribution in [-0.4, -0.2) is 16.3 Å². The summed E-state index contributed by atoms with van der Waals surface area (Å²) in [6.45, 7) is 6.57. The van der Waals surface area contributed by atoms with Crippen LogP contribution in [0.5, 0.6) is 0 Å². The molecule has 4 rings (SSSR count). The molecule has 2 N–H and O–H groups in total. The van der Waals surface area contributed by atoms with Gasteiger partial charge in [-0.1, -0.05) is 55.8 Å². The largest absolute Gasteiger partial charge is 0.478 e. The van der Waals surface area contributed by atoms with Crippen molar-refractivity contribution in [2.24, 2.45) is 0 Å². The Hall–Kier alpha value is -3.31. The fraction of sp³-hybridized carbons (Fsp3) is 0.185. The number of hydrogen-bond donors (Lipinski definition) is 2. The normalized spacial score (nSPS) is 14.3. The molecule has 32 heavy (non-hydrogen) atoms. The summed E-state index contributed by atoms with van der Waals surface area (Å²) in [5, 5.41) is 11.6. The first-order chi connectivity index (χ1) is 15.2. The highest BCUT2D eigenvalue weighted by Crippen LogP contribution is 2.42. The number of carbonyl (C=O) groups is 2. The molecule has 5 heteroatoms. The highest BCUT2D eigenvalue weighted by Gasteiger charge is 2.29. The van der Waals surface area contributed by atoms with Crippen LogP contribution in [0.1, 0.15) is 52.9 Å². The third kappa shape index (κ3) is 4.63. The molecule has 0 saturated carbocycles. The average molecular weight is 444 g/mol. The molecule has 0 bridgehead atoms. The Morgan fingerprint density at radius 3 is 2.31 bits per heavy atom. The molecule has 1 aliphatic carbocycles. The van der Waals surface area contributed by atoms with Gasteiger partial charge in [0.25, 0.3) is 5.24 Å². The number of carboxylic acid groups (broad SMARTS) is 1. The molecule has 0 saturated heterocycles. The van der Waals surface area contributed by atoms with Crippen molar-refractivity contribution in [3.05, 3.63) is 101 Å². The second-order valence-corrected chi connectivity index (χ2v) is 9.72. The van der Waals surface area contributed by atoms with Gasteiger partial charge in [-0.05, 0) is 89.2 Å². The van der Waals surface area contributed by atoms with E-state index in [1.54, 1.807) is 12.1 Å². The first-order valence-corrected chi connectivity index (χ1v) is 11.3. The molecule has 0 unspecified atom stereocenters. The number of thioether (sulfide) groups is 1. The fourth-order valence-corrected chi connectivity index (χ4v) is 4.63. The van der Waals surface area contributed by atoms with Crippen LogP contribution in [0.15, 0.2) is 77.7 Å². The van der Waals surface area contributed by atoms with Gasteiger partial charge >= 0.3 is 5.97 Å². The molecule has 0 radical (unpaired) electrons. The number of benzene rings is 3. The van der Waals surface area contributed by atoms with Crippen molar-refractivity contribution in [2.45, 2.75) is 37.5 Å². The Labute approximate surface area is 192 Å². The molecule has 0 heterocycles. The Bertz CT molecular complexity index is 1210. The van der Waals surface area contributed by atoms with E-state index in [1.165, 1.54) is 34.4 Å². The number of carboxylic acids is 1.